The van der Waals surface area contributed by atoms with Gasteiger partial charge in [-0.1, -0.05) is 41.9 Å². The van der Waals surface area contributed by atoms with Crippen LogP contribution in [-0.2, 0) is 6.61 Å². The van der Waals surface area contributed by atoms with E-state index in [0.717, 1.165) is 5.56 Å². The van der Waals surface area contributed by atoms with E-state index in [-0.39, 0.29) is 21.5 Å². The van der Waals surface area contributed by atoms with Crippen molar-refractivity contribution in [3.8, 4) is 5.75 Å². The molecule has 3 aromatic rings. The Morgan fingerprint density at radius 3 is 2.43 bits per heavy atom. The van der Waals surface area contributed by atoms with Gasteiger partial charge in [-0.05, 0) is 54.2 Å². The quantitative estimate of drug-likeness (QED) is 0.319. The van der Waals surface area contributed by atoms with E-state index >= 15 is 0 Å². The van der Waals surface area contributed by atoms with Crippen molar-refractivity contribution in [3.63, 3.8) is 0 Å². The minimum Gasteiger partial charge on any atom is -0.489 e. The van der Waals surface area contributed by atoms with Crippen molar-refractivity contribution in [3.05, 3.63) is 99.1 Å². The van der Waals surface area contributed by atoms with Crippen molar-refractivity contribution in [2.75, 3.05) is 5.32 Å². The van der Waals surface area contributed by atoms with E-state index in [4.69, 9.17) is 28.6 Å². The smallest absolute Gasteiger partial charge is 0.294 e. The number of carbonyl (C=O) groups excluding carboxylic acids is 1. The molecule has 0 aliphatic carbocycles. The van der Waals surface area contributed by atoms with Crippen LogP contribution in [0.25, 0.3) is 0 Å². The summed E-state index contributed by atoms with van der Waals surface area (Å²) in [5.41, 5.74) is 1.27. The van der Waals surface area contributed by atoms with Gasteiger partial charge in [-0.25, -0.2) is 0 Å². The number of ether oxygens (including phenoxy) is 1. The Bertz CT molecular complexity index is 1080. The van der Waals surface area contributed by atoms with Crippen molar-refractivity contribution < 1.29 is 14.5 Å². The summed E-state index contributed by atoms with van der Waals surface area (Å²) in [6.45, 7) is 0.417. The fourth-order valence-electron chi connectivity index (χ4n) is 2.53. The number of hydrogen-bond donors (Lipinski definition) is 2. The molecule has 9 heteroatoms. The lowest BCUT2D eigenvalue weighted by atomic mass is 10.2. The number of nitro groups is 1. The highest BCUT2D eigenvalue weighted by atomic mass is 35.5. The SMILES string of the molecule is O=C(NC(=S)Nc1ccc(Cl)cc1[N+](=O)[O-])c1ccc(OCc2ccccc2)cc1. The Morgan fingerprint density at radius 2 is 1.77 bits per heavy atom. The molecule has 0 saturated carbocycles. The minimum absolute atomic E-state index is 0.0742. The summed E-state index contributed by atoms with van der Waals surface area (Å²) in [5.74, 6) is 0.159. The molecule has 0 atom stereocenters. The van der Waals surface area contributed by atoms with Crippen LogP contribution in [0.4, 0.5) is 11.4 Å². The molecule has 0 aliphatic rings. The summed E-state index contributed by atoms with van der Waals surface area (Å²) in [4.78, 5) is 22.9. The van der Waals surface area contributed by atoms with E-state index in [1.54, 1.807) is 24.3 Å². The second-order valence-electron chi connectivity index (χ2n) is 6.13. The topological polar surface area (TPSA) is 93.5 Å². The number of anilines is 1. The molecule has 1 amide bonds. The number of nitro benzene ring substituents is 1. The van der Waals surface area contributed by atoms with Crippen LogP contribution in [0.1, 0.15) is 15.9 Å². The number of nitrogens with zero attached hydrogens (tertiary/aromatic N) is 1. The van der Waals surface area contributed by atoms with Gasteiger partial charge >= 0.3 is 0 Å². The van der Waals surface area contributed by atoms with Crippen LogP contribution in [0.2, 0.25) is 5.02 Å². The van der Waals surface area contributed by atoms with Crippen LogP contribution < -0.4 is 15.4 Å². The molecule has 7 nitrogen and oxygen atoms in total. The summed E-state index contributed by atoms with van der Waals surface area (Å²) in [6.07, 6.45) is 0. The van der Waals surface area contributed by atoms with Crippen molar-refractivity contribution in [1.82, 2.24) is 5.32 Å². The predicted octanol–water partition coefficient (Wildman–Crippen LogP) is 4.95. The number of amides is 1. The van der Waals surface area contributed by atoms with E-state index in [9.17, 15) is 14.9 Å². The molecule has 2 N–H and O–H groups in total. The molecule has 0 spiro atoms. The highest BCUT2D eigenvalue weighted by molar-refractivity contribution is 7.80. The Balaban J connectivity index is 1.58. The number of hydrogen-bond acceptors (Lipinski definition) is 5. The van der Waals surface area contributed by atoms with E-state index in [0.29, 0.717) is 17.9 Å². The van der Waals surface area contributed by atoms with Gasteiger partial charge in [0.15, 0.2) is 5.11 Å². The Kier molecular flexibility index (Phi) is 6.95. The maximum Gasteiger partial charge on any atom is 0.294 e. The van der Waals surface area contributed by atoms with Gasteiger partial charge in [0.25, 0.3) is 11.6 Å². The summed E-state index contributed by atoms with van der Waals surface area (Å²) < 4.78 is 5.69. The molecule has 0 unspecified atom stereocenters. The molecule has 0 aromatic heterocycles. The Labute approximate surface area is 182 Å². The first-order chi connectivity index (χ1) is 14.4. The normalized spacial score (nSPS) is 10.2. The van der Waals surface area contributed by atoms with Crippen molar-refractivity contribution in [1.29, 1.82) is 0 Å². The van der Waals surface area contributed by atoms with Crippen LogP contribution in [-0.4, -0.2) is 15.9 Å². The second-order valence-corrected chi connectivity index (χ2v) is 6.97. The molecule has 30 heavy (non-hydrogen) atoms. The van der Waals surface area contributed by atoms with Crippen LogP contribution in [0.5, 0.6) is 5.75 Å². The number of carbonyl (C=O) groups is 1. The van der Waals surface area contributed by atoms with E-state index < -0.39 is 10.8 Å². The lowest BCUT2D eigenvalue weighted by molar-refractivity contribution is -0.383. The minimum atomic E-state index is -0.590. The molecular weight excluding hydrogens is 426 g/mol. The van der Waals surface area contributed by atoms with Crippen LogP contribution >= 0.6 is 23.8 Å². The van der Waals surface area contributed by atoms with Gasteiger partial charge in [0.1, 0.15) is 18.0 Å². The molecule has 3 rings (SSSR count). The van der Waals surface area contributed by atoms with Gasteiger partial charge in [0, 0.05) is 16.7 Å². The number of benzene rings is 3. The molecule has 152 valence electrons. The zero-order chi connectivity index (χ0) is 21.5. The molecule has 0 aliphatic heterocycles. The first kappa shape index (κ1) is 21.2. The van der Waals surface area contributed by atoms with E-state index in [1.165, 1.54) is 18.2 Å². The summed E-state index contributed by atoms with van der Waals surface area (Å²) >= 11 is 10.9. The molecule has 0 fully saturated rings. The van der Waals surface area contributed by atoms with Gasteiger partial charge in [-0.15, -0.1) is 0 Å². The highest BCUT2D eigenvalue weighted by Gasteiger charge is 2.16. The average molecular weight is 442 g/mol. The third kappa shape index (κ3) is 5.76. The third-order valence-corrected chi connectivity index (χ3v) is 4.44. The zero-order valence-corrected chi connectivity index (χ0v) is 17.1. The first-order valence-corrected chi connectivity index (χ1v) is 9.54. The summed E-state index contributed by atoms with van der Waals surface area (Å²) in [6, 6.07) is 20.4. The Hall–Kier alpha value is -3.49. The van der Waals surface area contributed by atoms with Gasteiger partial charge < -0.3 is 10.1 Å². The van der Waals surface area contributed by atoms with Gasteiger partial charge in [0.2, 0.25) is 0 Å². The number of thiocarbonyl (C=S) groups is 1. The van der Waals surface area contributed by atoms with Crippen molar-refractivity contribution >= 4 is 46.2 Å². The fourth-order valence-corrected chi connectivity index (χ4v) is 2.90. The number of rotatable bonds is 6. The van der Waals surface area contributed by atoms with E-state index in [1.807, 2.05) is 30.3 Å². The number of nitrogens with one attached hydrogen (secondary N) is 2. The first-order valence-electron chi connectivity index (χ1n) is 8.75. The van der Waals surface area contributed by atoms with Gasteiger partial charge in [-0.3, -0.25) is 20.2 Å². The van der Waals surface area contributed by atoms with Gasteiger partial charge in [-0.2, -0.15) is 0 Å². The number of halogens is 1. The Morgan fingerprint density at radius 1 is 1.07 bits per heavy atom. The third-order valence-electron chi connectivity index (χ3n) is 4.00. The fraction of sp³-hybridized carbons (Fsp3) is 0.0476. The monoisotopic (exact) mass is 441 g/mol. The van der Waals surface area contributed by atoms with Crippen LogP contribution in [0.15, 0.2) is 72.8 Å². The zero-order valence-electron chi connectivity index (χ0n) is 15.5. The van der Waals surface area contributed by atoms with Crippen molar-refractivity contribution in [2.24, 2.45) is 0 Å². The second kappa shape index (κ2) is 9.82. The summed E-state index contributed by atoms with van der Waals surface area (Å²) in [5, 5.41) is 16.4. The molecule has 0 bridgehead atoms. The highest BCUT2D eigenvalue weighted by Crippen LogP contribution is 2.27. The molecule has 0 heterocycles. The lowest BCUT2D eigenvalue weighted by Gasteiger charge is -2.11. The maximum absolute atomic E-state index is 12.4. The molecular formula is C21H16ClN3O4S. The maximum atomic E-state index is 12.4. The largest absolute Gasteiger partial charge is 0.489 e. The molecule has 0 saturated heterocycles. The average Bonchev–Trinajstić information content (AvgIpc) is 2.74. The van der Waals surface area contributed by atoms with Crippen molar-refractivity contribution in [2.45, 2.75) is 6.61 Å². The van der Waals surface area contributed by atoms with Crippen LogP contribution in [0, 0.1) is 10.1 Å². The lowest BCUT2D eigenvalue weighted by Crippen LogP contribution is -2.34. The van der Waals surface area contributed by atoms with Gasteiger partial charge in [0.05, 0.1) is 4.92 Å². The predicted molar refractivity (Wildman–Crippen MR) is 119 cm³/mol. The van der Waals surface area contributed by atoms with Crippen LogP contribution in [0.3, 0.4) is 0 Å². The summed E-state index contributed by atoms with van der Waals surface area (Å²) in [7, 11) is 0. The molecule has 3 aromatic carbocycles. The molecule has 0 radical (unpaired) electrons. The van der Waals surface area contributed by atoms with E-state index in [2.05, 4.69) is 10.6 Å². The standard InChI is InChI=1S/C21H16ClN3O4S/c22-16-8-11-18(19(12-16)25(27)28)23-21(30)24-20(26)15-6-9-17(10-7-15)29-13-14-4-2-1-3-5-14/h1-12H,13H2,(H2,23,24,26,30).